The molecule has 2 aromatic carbocycles. The molecule has 0 unspecified atom stereocenters. The summed E-state index contributed by atoms with van der Waals surface area (Å²) in [7, 11) is 0. The number of benzene rings is 2. The molecule has 3 rings (SSSR count). The Balaban J connectivity index is 2.18. The van der Waals surface area contributed by atoms with Crippen LogP contribution in [-0.4, -0.2) is 6.04 Å². The van der Waals surface area contributed by atoms with Crippen molar-refractivity contribution in [2.75, 3.05) is 0 Å². The molecule has 0 saturated heterocycles. The summed E-state index contributed by atoms with van der Waals surface area (Å²) in [5.41, 5.74) is 8.27. The lowest BCUT2D eigenvalue weighted by atomic mass is 9.72. The minimum absolute atomic E-state index is 0.0144. The summed E-state index contributed by atoms with van der Waals surface area (Å²) in [6, 6.07) is 21.1. The van der Waals surface area contributed by atoms with E-state index in [9.17, 15) is 0 Å². The Labute approximate surface area is 114 Å². The zero-order chi connectivity index (χ0) is 13.1. The normalized spacial score (nSPS) is 17.5. The summed E-state index contributed by atoms with van der Waals surface area (Å²) in [6.07, 6.45) is 8.56. The summed E-state index contributed by atoms with van der Waals surface area (Å²) in [5, 5.41) is 0. The van der Waals surface area contributed by atoms with E-state index in [1.807, 2.05) is 12.1 Å². The van der Waals surface area contributed by atoms with Gasteiger partial charge in [-0.3, -0.25) is 0 Å². The Hall–Kier alpha value is -2.12. The molecule has 19 heavy (non-hydrogen) atoms. The van der Waals surface area contributed by atoms with Gasteiger partial charge < -0.3 is 5.73 Å². The second kappa shape index (κ2) is 4.87. The number of hydrogen-bond acceptors (Lipinski definition) is 1. The highest BCUT2D eigenvalue weighted by molar-refractivity contribution is 5.51. The fraction of sp³-hybridized carbons (Fsp3) is 0.111. The van der Waals surface area contributed by atoms with Gasteiger partial charge in [0.1, 0.15) is 0 Å². The van der Waals surface area contributed by atoms with Gasteiger partial charge in [0, 0.05) is 6.04 Å². The third kappa shape index (κ3) is 2.13. The van der Waals surface area contributed by atoms with Crippen molar-refractivity contribution in [3.05, 3.63) is 96.1 Å². The van der Waals surface area contributed by atoms with Gasteiger partial charge in [-0.2, -0.15) is 0 Å². The smallest absolute Gasteiger partial charge is 0.0564 e. The molecule has 0 radical (unpaired) electrons. The quantitative estimate of drug-likeness (QED) is 0.808. The molecule has 1 heteroatoms. The third-order valence-corrected chi connectivity index (χ3v) is 3.67. The standard InChI is InChI=1S/C18H17N/c19-17-11-13-18(14-12-17,15-7-3-1-4-8-15)16-9-5-2-6-10-16/h1-14,17H,19H2. The second-order valence-corrected chi connectivity index (χ2v) is 4.90. The first-order chi connectivity index (χ1) is 9.31. The van der Waals surface area contributed by atoms with Crippen molar-refractivity contribution in [1.82, 2.24) is 0 Å². The van der Waals surface area contributed by atoms with Crippen molar-refractivity contribution < 1.29 is 0 Å². The monoisotopic (exact) mass is 247 g/mol. The highest BCUT2D eigenvalue weighted by Crippen LogP contribution is 2.37. The van der Waals surface area contributed by atoms with E-state index in [0.29, 0.717) is 0 Å². The molecule has 0 bridgehead atoms. The van der Waals surface area contributed by atoms with Crippen LogP contribution in [0.1, 0.15) is 11.1 Å². The molecule has 0 amide bonds. The zero-order valence-corrected chi connectivity index (χ0v) is 10.7. The summed E-state index contributed by atoms with van der Waals surface area (Å²) in [6.45, 7) is 0. The molecule has 0 heterocycles. The SMILES string of the molecule is NC1C=CC(c2ccccc2)(c2ccccc2)C=C1. The average molecular weight is 247 g/mol. The van der Waals surface area contributed by atoms with Gasteiger partial charge in [0.05, 0.1) is 5.41 Å². The van der Waals surface area contributed by atoms with Gasteiger partial charge >= 0.3 is 0 Å². The molecule has 1 nitrogen and oxygen atoms in total. The van der Waals surface area contributed by atoms with Crippen molar-refractivity contribution in [3.63, 3.8) is 0 Å². The van der Waals surface area contributed by atoms with Crippen LogP contribution in [0.5, 0.6) is 0 Å². The third-order valence-electron chi connectivity index (χ3n) is 3.67. The van der Waals surface area contributed by atoms with Gasteiger partial charge in [-0.05, 0) is 11.1 Å². The topological polar surface area (TPSA) is 26.0 Å². The van der Waals surface area contributed by atoms with E-state index >= 15 is 0 Å². The first-order valence-electron chi connectivity index (χ1n) is 6.57. The Morgan fingerprint density at radius 2 is 1.11 bits per heavy atom. The molecule has 2 aromatic rings. The number of hydrogen-bond donors (Lipinski definition) is 1. The molecule has 1 aliphatic carbocycles. The summed E-state index contributed by atoms with van der Waals surface area (Å²) >= 11 is 0. The van der Waals surface area contributed by atoms with Crippen molar-refractivity contribution in [2.45, 2.75) is 11.5 Å². The van der Waals surface area contributed by atoms with Crippen LogP contribution in [0.4, 0.5) is 0 Å². The molecule has 0 fully saturated rings. The van der Waals surface area contributed by atoms with E-state index < -0.39 is 0 Å². The highest BCUT2D eigenvalue weighted by atomic mass is 14.6. The van der Waals surface area contributed by atoms with Crippen LogP contribution in [0.3, 0.4) is 0 Å². The van der Waals surface area contributed by atoms with E-state index in [1.54, 1.807) is 0 Å². The van der Waals surface area contributed by atoms with Crippen molar-refractivity contribution >= 4 is 0 Å². The summed E-state index contributed by atoms with van der Waals surface area (Å²) in [5.74, 6) is 0. The molecule has 0 aliphatic heterocycles. The van der Waals surface area contributed by atoms with Crippen LogP contribution >= 0.6 is 0 Å². The van der Waals surface area contributed by atoms with E-state index in [0.717, 1.165) is 0 Å². The largest absolute Gasteiger partial charge is 0.321 e. The van der Waals surface area contributed by atoms with Crippen LogP contribution in [0, 0.1) is 0 Å². The maximum Gasteiger partial charge on any atom is 0.0564 e. The van der Waals surface area contributed by atoms with Gasteiger partial charge in [0.25, 0.3) is 0 Å². The highest BCUT2D eigenvalue weighted by Gasteiger charge is 2.30. The maximum atomic E-state index is 5.94. The van der Waals surface area contributed by atoms with Gasteiger partial charge in [-0.15, -0.1) is 0 Å². The second-order valence-electron chi connectivity index (χ2n) is 4.90. The minimum Gasteiger partial charge on any atom is -0.321 e. The molecule has 1 aliphatic rings. The van der Waals surface area contributed by atoms with Crippen LogP contribution in [-0.2, 0) is 5.41 Å². The van der Waals surface area contributed by atoms with Crippen LogP contribution in [0.2, 0.25) is 0 Å². The average Bonchev–Trinajstić information content (AvgIpc) is 2.50. The maximum absolute atomic E-state index is 5.94. The lowest BCUT2D eigenvalue weighted by molar-refractivity contribution is 0.778. The lowest BCUT2D eigenvalue weighted by Crippen LogP contribution is -2.28. The van der Waals surface area contributed by atoms with Gasteiger partial charge in [0.2, 0.25) is 0 Å². The summed E-state index contributed by atoms with van der Waals surface area (Å²) in [4.78, 5) is 0. The molecule has 0 spiro atoms. The van der Waals surface area contributed by atoms with Crippen LogP contribution < -0.4 is 5.73 Å². The predicted molar refractivity (Wildman–Crippen MR) is 79.9 cm³/mol. The molecule has 0 saturated carbocycles. The Morgan fingerprint density at radius 3 is 1.53 bits per heavy atom. The van der Waals surface area contributed by atoms with Gasteiger partial charge in [0.15, 0.2) is 0 Å². The number of allylic oxidation sites excluding steroid dienone is 2. The van der Waals surface area contributed by atoms with Crippen molar-refractivity contribution in [2.24, 2.45) is 5.73 Å². The molecular weight excluding hydrogens is 230 g/mol. The molecular formula is C18H17N. The first-order valence-corrected chi connectivity index (χ1v) is 6.57. The molecule has 94 valence electrons. The Morgan fingerprint density at radius 1 is 0.684 bits per heavy atom. The molecule has 0 atom stereocenters. The zero-order valence-electron chi connectivity index (χ0n) is 10.7. The minimum atomic E-state index is -0.196. The van der Waals surface area contributed by atoms with Crippen LogP contribution in [0.25, 0.3) is 0 Å². The van der Waals surface area contributed by atoms with Gasteiger partial charge in [-0.25, -0.2) is 0 Å². The lowest BCUT2D eigenvalue weighted by Gasteiger charge is -2.31. The summed E-state index contributed by atoms with van der Waals surface area (Å²) < 4.78 is 0. The molecule has 0 aromatic heterocycles. The Kier molecular flexibility index (Phi) is 3.06. The van der Waals surface area contributed by atoms with Crippen molar-refractivity contribution in [1.29, 1.82) is 0 Å². The van der Waals surface area contributed by atoms with Gasteiger partial charge in [-0.1, -0.05) is 85.0 Å². The number of rotatable bonds is 2. The van der Waals surface area contributed by atoms with Crippen LogP contribution in [0.15, 0.2) is 85.0 Å². The Bertz CT molecular complexity index is 541. The fourth-order valence-electron chi connectivity index (χ4n) is 2.62. The molecule has 2 N–H and O–H groups in total. The van der Waals surface area contributed by atoms with E-state index in [4.69, 9.17) is 5.73 Å². The first kappa shape index (κ1) is 11.9. The predicted octanol–water partition coefficient (Wildman–Crippen LogP) is 3.43. The number of nitrogens with two attached hydrogens (primary N) is 1. The van der Waals surface area contributed by atoms with E-state index in [2.05, 4.69) is 72.8 Å². The van der Waals surface area contributed by atoms with E-state index in [1.165, 1.54) is 11.1 Å². The van der Waals surface area contributed by atoms with Crippen molar-refractivity contribution in [3.8, 4) is 0 Å². The van der Waals surface area contributed by atoms with E-state index in [-0.39, 0.29) is 11.5 Å². The fourth-order valence-corrected chi connectivity index (χ4v) is 2.62.